The molecule has 4 aliphatic rings. The van der Waals surface area contributed by atoms with Crippen LogP contribution in [-0.2, 0) is 25.7 Å². The van der Waals surface area contributed by atoms with Crippen LogP contribution in [0.3, 0.4) is 0 Å². The Balaban J connectivity index is 0.706. The third kappa shape index (κ3) is 39.5. The summed E-state index contributed by atoms with van der Waals surface area (Å²) >= 11 is 0. The second-order valence-electron chi connectivity index (χ2n) is 35.9. The van der Waals surface area contributed by atoms with Crippen LogP contribution >= 0.6 is 0 Å². The first kappa shape index (κ1) is 100. The number of rotatable bonds is 48. The van der Waals surface area contributed by atoms with E-state index < -0.39 is 0 Å². The molecule has 14 rings (SSSR count). The van der Waals surface area contributed by atoms with Gasteiger partial charge in [-0.3, -0.25) is 0 Å². The highest BCUT2D eigenvalue weighted by Crippen LogP contribution is 2.34. The van der Waals surface area contributed by atoms with E-state index in [-0.39, 0.29) is 0 Å². The maximum Gasteiger partial charge on any atom is 0.122 e. The van der Waals surface area contributed by atoms with Crippen LogP contribution in [0.4, 0.5) is 0 Å². The van der Waals surface area contributed by atoms with Gasteiger partial charge in [0.25, 0.3) is 0 Å². The van der Waals surface area contributed by atoms with Crippen LogP contribution in [0.5, 0.6) is 23.0 Å². The first-order chi connectivity index (χ1) is 65.3. The third-order valence-corrected chi connectivity index (χ3v) is 24.8. The highest BCUT2D eigenvalue weighted by atomic mass is 16.5. The molecule has 0 fully saturated rings. The molecule has 4 bridgehead atoms. The molecule has 132 heavy (non-hydrogen) atoms. The van der Waals surface area contributed by atoms with E-state index in [0.717, 1.165) is 177 Å². The molecule has 0 spiro atoms. The molecule has 4 nitrogen and oxygen atoms in total. The lowest BCUT2D eigenvalue weighted by Gasteiger charge is -2.20. The Morgan fingerprint density at radius 3 is 0.500 bits per heavy atom. The van der Waals surface area contributed by atoms with Gasteiger partial charge in [0.15, 0.2) is 0 Å². The van der Waals surface area contributed by atoms with E-state index in [4.69, 9.17) is 18.9 Å². The third-order valence-electron chi connectivity index (χ3n) is 24.8. The lowest BCUT2D eigenvalue weighted by molar-refractivity contribution is 0.299. The van der Waals surface area contributed by atoms with Gasteiger partial charge in [-0.2, -0.15) is 0 Å². The average Bonchev–Trinajstić information content (AvgIpc) is 0.795. The molecule has 10 aromatic rings. The van der Waals surface area contributed by atoms with E-state index in [1.54, 1.807) is 0 Å². The van der Waals surface area contributed by atoms with Crippen molar-refractivity contribution < 1.29 is 18.9 Å². The summed E-state index contributed by atoms with van der Waals surface area (Å²) < 4.78 is 25.8. The van der Waals surface area contributed by atoms with Crippen molar-refractivity contribution in [2.24, 2.45) is 0 Å². The molecule has 0 saturated carbocycles. The van der Waals surface area contributed by atoms with Gasteiger partial charge in [0.2, 0.25) is 0 Å². The first-order valence-electron chi connectivity index (χ1n) is 51.1. The summed E-state index contributed by atoms with van der Waals surface area (Å²) in [5.74, 6) is 58.4. The largest absolute Gasteiger partial charge is 0.494 e. The number of unbranched alkanes of at least 4 members (excludes halogenated alkanes) is 36. The number of benzene rings is 10. The van der Waals surface area contributed by atoms with Crippen LogP contribution in [-0.4, -0.2) is 26.4 Å². The summed E-state index contributed by atoms with van der Waals surface area (Å²) in [7, 11) is 0. The van der Waals surface area contributed by atoms with Crippen LogP contribution < -0.4 is 18.9 Å². The summed E-state index contributed by atoms with van der Waals surface area (Å²) in [6, 6.07) is 74.7. The van der Waals surface area contributed by atoms with E-state index in [9.17, 15) is 0 Å². The SMILES string of the molecule is CCCCCCCCCCCCOc1ccc(C#Cc2ccc(C#Cc3ccc(C#Cc4ccc(C#Cc5cc6c(OCCCCCCCCCCCC)cc5CCc5cc(C#Cc7ccc(C#Cc8ccc(C#Cc9ccc(C#Cc%10ccc(OCCCCCCCCCCCC)cc%10)cc9)cc8)cc7)c(cc5OCCCCCCCCCCCC)CC6)cc4)cc3)cc2)cc1. The van der Waals surface area contributed by atoms with Gasteiger partial charge in [0.05, 0.1) is 26.4 Å². The van der Waals surface area contributed by atoms with Crippen LogP contribution in [0.15, 0.2) is 218 Å². The van der Waals surface area contributed by atoms with Gasteiger partial charge in [0.1, 0.15) is 23.0 Å². The van der Waals surface area contributed by atoms with Crippen molar-refractivity contribution in [1.29, 1.82) is 0 Å². The van der Waals surface area contributed by atoms with Crippen molar-refractivity contribution in [1.82, 2.24) is 0 Å². The predicted molar refractivity (Wildman–Crippen MR) is 556 cm³/mol. The second kappa shape index (κ2) is 61.5. The zero-order valence-corrected chi connectivity index (χ0v) is 80.4. The fourth-order valence-corrected chi connectivity index (χ4v) is 16.5. The fraction of sp³-hybridized carbons (Fsp3) is 0.406. The van der Waals surface area contributed by atoms with Crippen LogP contribution in [0.25, 0.3) is 0 Å². The first-order valence-corrected chi connectivity index (χ1v) is 51.1. The number of aryl methyl sites for hydroxylation is 4. The van der Waals surface area contributed by atoms with E-state index in [2.05, 4.69) is 195 Å². The molecule has 0 radical (unpaired) electrons. The number of hydrogen-bond acceptors (Lipinski definition) is 4. The van der Waals surface area contributed by atoms with Crippen molar-refractivity contribution in [3.05, 3.63) is 330 Å². The molecule has 0 unspecified atom stereocenters. The molecule has 0 heterocycles. The van der Waals surface area contributed by atoms with Crippen molar-refractivity contribution in [2.45, 2.75) is 310 Å². The highest BCUT2D eigenvalue weighted by molar-refractivity contribution is 5.59. The summed E-state index contributed by atoms with van der Waals surface area (Å²) in [5.41, 5.74) is 19.9. The van der Waals surface area contributed by atoms with Crippen molar-refractivity contribution in [3.63, 3.8) is 0 Å². The molecule has 4 heteroatoms. The minimum atomic E-state index is 0.696. The van der Waals surface area contributed by atoms with Crippen molar-refractivity contribution in [2.75, 3.05) is 26.4 Å². The normalized spacial score (nSPS) is 11.0. The molecule has 680 valence electrons. The lowest BCUT2D eigenvalue weighted by Crippen LogP contribution is -2.09. The Kier molecular flexibility index (Phi) is 46.8. The van der Waals surface area contributed by atoms with Gasteiger partial charge < -0.3 is 18.9 Å². The van der Waals surface area contributed by atoms with Gasteiger partial charge in [-0.15, -0.1) is 0 Å². The number of hydrogen-bond donors (Lipinski definition) is 0. The molecule has 10 aromatic carbocycles. The van der Waals surface area contributed by atoms with Gasteiger partial charge in [0, 0.05) is 89.0 Å². The molecule has 0 aliphatic heterocycles. The van der Waals surface area contributed by atoms with E-state index in [1.165, 1.54) is 253 Å². The summed E-state index contributed by atoms with van der Waals surface area (Å²) in [6.07, 6.45) is 55.1. The lowest BCUT2D eigenvalue weighted by atomic mass is 9.90. The van der Waals surface area contributed by atoms with Crippen molar-refractivity contribution >= 4 is 0 Å². The monoisotopic (exact) mass is 1750 g/mol. The predicted octanol–water partition coefficient (Wildman–Crippen LogP) is 32.0. The maximum absolute atomic E-state index is 6.89. The summed E-state index contributed by atoms with van der Waals surface area (Å²) in [6.45, 7) is 12.1. The average molecular weight is 1750 g/mol. The molecule has 0 atom stereocenters. The smallest absolute Gasteiger partial charge is 0.122 e. The highest BCUT2D eigenvalue weighted by Gasteiger charge is 2.19. The van der Waals surface area contributed by atoms with Gasteiger partial charge >= 0.3 is 0 Å². The zero-order chi connectivity index (χ0) is 91.4. The fourth-order valence-electron chi connectivity index (χ4n) is 16.5. The Morgan fingerprint density at radius 2 is 0.311 bits per heavy atom. The quantitative estimate of drug-likeness (QED) is 0.0281. The molecule has 0 aromatic heterocycles. The van der Waals surface area contributed by atoms with E-state index >= 15 is 0 Å². The Labute approximate surface area is 797 Å². The Morgan fingerprint density at radius 1 is 0.159 bits per heavy atom. The van der Waals surface area contributed by atoms with Crippen molar-refractivity contribution in [3.8, 4) is 118 Å². The van der Waals surface area contributed by atoms with E-state index in [1.807, 2.05) is 146 Å². The molecular weight excluding hydrogens is 1600 g/mol. The topological polar surface area (TPSA) is 36.9 Å². The zero-order valence-electron chi connectivity index (χ0n) is 80.4. The minimum absolute atomic E-state index is 0.696. The molecule has 0 saturated heterocycles. The number of ether oxygens (including phenoxy) is 4. The molecule has 0 N–H and O–H groups in total. The standard InChI is InChI=1S/C128H144O4/c1-5-9-13-17-21-25-29-33-37-41-97-129-125-93-83-117(84-94-125)79-73-111-63-57-109(58-64-111)55-49-105-45-51-107(52-46-105)61-67-113-69-75-115(76-70-113)81-87-119-101-123-92-90-122-104-128(132-100-44-40-36-32-28-24-20-16-12-8-4)124(91-89-121(119)103-127(123)131-99-43-39-35-31-27-23-19-15-11-7-3)102-120(122)88-82-116-77-71-114(72-78-116)68-62-108-53-47-106(48-54-108)50-56-110-59-65-112(66-60-110)74-80-118-85-95-126(96-86-118)130-98-42-38-34-30-26-22-18-14-10-6-2/h45-48,51-54,57-60,63-66,69-72,75-78,83-86,93-96,101-104H,5-44,89-92,97-100H2,1-4H3. The summed E-state index contributed by atoms with van der Waals surface area (Å²) in [4.78, 5) is 0. The Hall–Kier alpha value is -12.1. The maximum atomic E-state index is 6.89. The summed E-state index contributed by atoms with van der Waals surface area (Å²) in [5, 5.41) is 0. The van der Waals surface area contributed by atoms with Gasteiger partial charge in [-0.1, -0.05) is 354 Å². The van der Waals surface area contributed by atoms with E-state index in [0.29, 0.717) is 13.2 Å². The van der Waals surface area contributed by atoms with Crippen LogP contribution in [0.1, 0.15) is 396 Å². The molecule has 0 amide bonds. The van der Waals surface area contributed by atoms with Crippen LogP contribution in [0.2, 0.25) is 0 Å². The van der Waals surface area contributed by atoms with Gasteiger partial charge in [-0.25, -0.2) is 0 Å². The second-order valence-corrected chi connectivity index (χ2v) is 35.9. The van der Waals surface area contributed by atoms with Gasteiger partial charge in [-0.05, 0) is 292 Å². The Bertz CT molecular complexity index is 5240. The van der Waals surface area contributed by atoms with Crippen LogP contribution in [0, 0.1) is 94.7 Å². The minimum Gasteiger partial charge on any atom is -0.494 e. The molecule has 4 aliphatic carbocycles. The molecular formula is C128H144O4.